The fourth-order valence-corrected chi connectivity index (χ4v) is 3.95. The van der Waals surface area contributed by atoms with Crippen LogP contribution in [0.1, 0.15) is 12.0 Å². The molecule has 2 nitrogen and oxygen atoms in total. The summed E-state index contributed by atoms with van der Waals surface area (Å²) in [6.45, 7) is 3.66. The zero-order chi connectivity index (χ0) is 11.8. The fourth-order valence-electron chi connectivity index (χ4n) is 3.09. The number of rotatable bonds is 2. The zero-order valence-electron chi connectivity index (χ0n) is 9.85. The van der Waals surface area contributed by atoms with Crippen LogP contribution >= 0.6 is 25.3 Å². The number of hydrogen-bond acceptors (Lipinski definition) is 2. The molecule has 92 valence electrons. The maximum Gasteiger partial charge on any atom is 0.0461 e. The number of alkyl halides is 1. The molecule has 3 atom stereocenters. The third-order valence-corrected chi connectivity index (χ3v) is 5.07. The van der Waals surface area contributed by atoms with E-state index in [9.17, 15) is 0 Å². The zero-order valence-corrected chi connectivity index (χ0v) is 12.6. The molecule has 0 radical (unpaired) electrons. The highest BCUT2D eigenvalue weighted by molar-refractivity contribution is 9.08. The molecular formula is C13H18BrN2P. The van der Waals surface area contributed by atoms with Crippen LogP contribution in [0.2, 0.25) is 0 Å². The Balaban J connectivity index is 1.79. The Hall–Kier alpha value is -0.110. The number of fused-ring (bicyclic) bond motifs is 1. The first-order valence-corrected chi connectivity index (χ1v) is 7.83. The largest absolute Gasteiger partial charge is 0.367 e. The summed E-state index contributed by atoms with van der Waals surface area (Å²) < 4.78 is 2.38. The lowest BCUT2D eigenvalue weighted by molar-refractivity contribution is 0.520. The van der Waals surface area contributed by atoms with Crippen molar-refractivity contribution in [2.24, 2.45) is 5.92 Å². The quantitative estimate of drug-likeness (QED) is 0.612. The topological polar surface area (TPSA) is 6.48 Å². The Kier molecular flexibility index (Phi) is 3.43. The molecule has 2 aliphatic heterocycles. The Bertz CT molecular complexity index is 395. The first-order chi connectivity index (χ1) is 8.28. The van der Waals surface area contributed by atoms with Gasteiger partial charge in [-0.15, -0.1) is 0 Å². The summed E-state index contributed by atoms with van der Waals surface area (Å²) in [6, 6.07) is 9.71. The minimum absolute atomic E-state index is 0.724. The van der Waals surface area contributed by atoms with Gasteiger partial charge in [0.2, 0.25) is 0 Å². The van der Waals surface area contributed by atoms with Crippen LogP contribution in [0.15, 0.2) is 24.3 Å². The Morgan fingerprint density at radius 1 is 1.24 bits per heavy atom. The summed E-state index contributed by atoms with van der Waals surface area (Å²) in [5, 5.41) is 0.943. The van der Waals surface area contributed by atoms with Crippen molar-refractivity contribution in [2.75, 3.05) is 24.5 Å². The molecular weight excluding hydrogens is 295 g/mol. The van der Waals surface area contributed by atoms with Crippen molar-refractivity contribution < 1.29 is 0 Å². The molecule has 2 heterocycles. The van der Waals surface area contributed by atoms with Gasteiger partial charge in [0.1, 0.15) is 0 Å². The van der Waals surface area contributed by atoms with Gasteiger partial charge < -0.3 is 4.90 Å². The molecule has 1 aromatic carbocycles. The van der Waals surface area contributed by atoms with Gasteiger partial charge in [0.25, 0.3) is 0 Å². The predicted octanol–water partition coefficient (Wildman–Crippen LogP) is 2.88. The number of nitrogens with zero attached hydrogens (tertiary/aromatic N) is 2. The van der Waals surface area contributed by atoms with Gasteiger partial charge in [-0.1, -0.05) is 37.5 Å². The third-order valence-electron chi connectivity index (χ3n) is 4.00. The molecule has 2 saturated heterocycles. The Labute approximate surface area is 114 Å². The molecule has 1 aromatic rings. The average Bonchev–Trinajstić information content (AvgIpc) is 2.88. The second kappa shape index (κ2) is 4.87. The third kappa shape index (κ3) is 2.25. The van der Waals surface area contributed by atoms with Crippen molar-refractivity contribution in [1.29, 1.82) is 0 Å². The van der Waals surface area contributed by atoms with Gasteiger partial charge in [-0.2, -0.15) is 0 Å². The van der Waals surface area contributed by atoms with E-state index in [1.54, 1.807) is 0 Å². The lowest BCUT2D eigenvalue weighted by atomic mass is 10.0. The molecule has 0 spiro atoms. The van der Waals surface area contributed by atoms with Gasteiger partial charge in [-0.25, -0.2) is 0 Å². The van der Waals surface area contributed by atoms with Gasteiger partial charge in [-0.3, -0.25) is 4.67 Å². The highest BCUT2D eigenvalue weighted by Gasteiger charge is 2.39. The van der Waals surface area contributed by atoms with Crippen LogP contribution in [0.3, 0.4) is 0 Å². The minimum Gasteiger partial charge on any atom is -0.367 e. The highest BCUT2D eigenvalue weighted by Crippen LogP contribution is 2.36. The Morgan fingerprint density at radius 2 is 2.00 bits per heavy atom. The molecule has 2 aliphatic rings. The van der Waals surface area contributed by atoms with E-state index in [2.05, 4.69) is 59.2 Å². The molecule has 0 bridgehead atoms. The molecule has 17 heavy (non-hydrogen) atoms. The molecule has 0 aromatic heterocycles. The fraction of sp³-hybridized carbons (Fsp3) is 0.538. The molecule has 0 saturated carbocycles. The van der Waals surface area contributed by atoms with Crippen LogP contribution < -0.4 is 4.90 Å². The normalized spacial score (nSPS) is 28.7. The van der Waals surface area contributed by atoms with Gasteiger partial charge in [0, 0.05) is 36.7 Å². The highest BCUT2D eigenvalue weighted by atomic mass is 79.9. The van der Waals surface area contributed by atoms with E-state index in [1.165, 1.54) is 37.3 Å². The summed E-state index contributed by atoms with van der Waals surface area (Å²) in [4.78, 5) is 2.59. The summed E-state index contributed by atoms with van der Waals surface area (Å²) in [7, 11) is 2.85. The van der Waals surface area contributed by atoms with Crippen molar-refractivity contribution in [1.82, 2.24) is 4.67 Å². The molecule has 3 rings (SSSR count). The minimum atomic E-state index is 0.724. The smallest absolute Gasteiger partial charge is 0.0461 e. The summed E-state index contributed by atoms with van der Waals surface area (Å²) >= 11 is 3.50. The summed E-state index contributed by atoms with van der Waals surface area (Å²) in [5.41, 5.74) is 2.74. The SMILES string of the molecule is PN1C[C@H]2CCN(c3ccc(CBr)cc3)[C@H]2C1. The molecule has 0 N–H and O–H groups in total. The van der Waals surface area contributed by atoms with E-state index < -0.39 is 0 Å². The lowest BCUT2D eigenvalue weighted by Gasteiger charge is -2.26. The van der Waals surface area contributed by atoms with E-state index >= 15 is 0 Å². The standard InChI is InChI=1S/C13H18BrN2P/c14-7-10-1-3-12(4-2-10)16-6-5-11-8-15(17)9-13(11)16/h1-4,11,13H,5-9,17H2/t11-,13+/m1/s1. The summed E-state index contributed by atoms with van der Waals surface area (Å²) in [5.74, 6) is 0.864. The molecule has 0 amide bonds. The average molecular weight is 313 g/mol. The van der Waals surface area contributed by atoms with Crippen molar-refractivity contribution >= 4 is 31.0 Å². The molecule has 0 aliphatic carbocycles. The number of halogens is 1. The number of benzene rings is 1. The van der Waals surface area contributed by atoms with Crippen LogP contribution in [0.4, 0.5) is 5.69 Å². The number of anilines is 1. The first-order valence-electron chi connectivity index (χ1n) is 6.19. The van der Waals surface area contributed by atoms with Gasteiger partial charge >= 0.3 is 0 Å². The van der Waals surface area contributed by atoms with Gasteiger partial charge in [0.05, 0.1) is 0 Å². The predicted molar refractivity (Wildman–Crippen MR) is 79.6 cm³/mol. The summed E-state index contributed by atoms with van der Waals surface area (Å²) in [6.07, 6.45) is 1.34. The first kappa shape index (κ1) is 12.0. The molecule has 2 fully saturated rings. The van der Waals surface area contributed by atoms with Crippen molar-refractivity contribution in [3.05, 3.63) is 29.8 Å². The second-order valence-corrected chi connectivity index (χ2v) is 6.35. The van der Waals surface area contributed by atoms with Crippen LogP contribution in [0, 0.1) is 5.92 Å². The Morgan fingerprint density at radius 3 is 2.71 bits per heavy atom. The van der Waals surface area contributed by atoms with E-state index in [4.69, 9.17) is 0 Å². The van der Waals surface area contributed by atoms with Crippen molar-refractivity contribution in [2.45, 2.75) is 17.8 Å². The van der Waals surface area contributed by atoms with Crippen molar-refractivity contribution in [3.63, 3.8) is 0 Å². The molecule has 4 heteroatoms. The van der Waals surface area contributed by atoms with Gasteiger partial charge in [0.15, 0.2) is 0 Å². The van der Waals surface area contributed by atoms with E-state index in [0.717, 1.165) is 17.3 Å². The van der Waals surface area contributed by atoms with Crippen LogP contribution in [0.5, 0.6) is 0 Å². The van der Waals surface area contributed by atoms with Crippen LogP contribution in [0.25, 0.3) is 0 Å². The van der Waals surface area contributed by atoms with Gasteiger partial charge in [-0.05, 0) is 30.0 Å². The van der Waals surface area contributed by atoms with E-state index in [-0.39, 0.29) is 0 Å². The maximum atomic E-state index is 3.50. The van der Waals surface area contributed by atoms with E-state index in [0.29, 0.717) is 0 Å². The van der Waals surface area contributed by atoms with Crippen LogP contribution in [-0.2, 0) is 5.33 Å². The molecule has 1 unspecified atom stereocenters. The number of hydrogen-bond donors (Lipinski definition) is 0. The van der Waals surface area contributed by atoms with Crippen molar-refractivity contribution in [3.8, 4) is 0 Å². The lowest BCUT2D eigenvalue weighted by Crippen LogP contribution is -2.33. The second-order valence-electron chi connectivity index (χ2n) is 5.06. The maximum absolute atomic E-state index is 3.50. The van der Waals surface area contributed by atoms with E-state index in [1.807, 2.05) is 0 Å². The van der Waals surface area contributed by atoms with Crippen LogP contribution in [-0.4, -0.2) is 30.3 Å². The monoisotopic (exact) mass is 312 g/mol.